The van der Waals surface area contributed by atoms with E-state index in [4.69, 9.17) is 25.8 Å². The molecule has 6 nitrogen and oxygen atoms in total. The largest absolute Gasteiger partial charge is 0.493 e. The molecule has 0 fully saturated rings. The van der Waals surface area contributed by atoms with Crippen LogP contribution in [0.4, 0.5) is 0 Å². The Morgan fingerprint density at radius 2 is 1.66 bits per heavy atom. The summed E-state index contributed by atoms with van der Waals surface area (Å²) < 4.78 is 16.9. The zero-order valence-electron chi connectivity index (χ0n) is 16.6. The topological polar surface area (TPSA) is 77.0 Å². The first kappa shape index (κ1) is 23.0. The number of benzene rings is 2. The molecule has 0 aliphatic rings. The Morgan fingerprint density at radius 1 is 1.03 bits per heavy atom. The van der Waals surface area contributed by atoms with Crippen LogP contribution in [0, 0.1) is 0 Å². The Labute approximate surface area is 176 Å². The molecule has 158 valence electrons. The van der Waals surface area contributed by atoms with E-state index in [2.05, 4.69) is 12.2 Å². The average molecular weight is 422 g/mol. The normalized spacial score (nSPS) is 11.7. The summed E-state index contributed by atoms with van der Waals surface area (Å²) in [5.74, 6) is 2.04. The fourth-order valence-electron chi connectivity index (χ4n) is 2.46. The number of halogens is 1. The van der Waals surface area contributed by atoms with Crippen LogP contribution in [-0.2, 0) is 0 Å². The zero-order valence-corrected chi connectivity index (χ0v) is 17.4. The number of nitrogens with one attached hydrogen (secondary N) is 1. The highest BCUT2D eigenvalue weighted by Crippen LogP contribution is 2.21. The lowest BCUT2D eigenvalue weighted by Crippen LogP contribution is -2.31. The molecule has 2 aromatic rings. The number of carbonyl (C=O) groups excluding carboxylic acids is 1. The molecule has 0 spiro atoms. The van der Waals surface area contributed by atoms with Crippen molar-refractivity contribution >= 4 is 17.9 Å². The van der Waals surface area contributed by atoms with Crippen LogP contribution in [0.15, 0.2) is 42.5 Å². The van der Waals surface area contributed by atoms with E-state index >= 15 is 0 Å². The van der Waals surface area contributed by atoms with E-state index in [-0.39, 0.29) is 6.61 Å². The summed E-state index contributed by atoms with van der Waals surface area (Å²) in [6.45, 7) is 4.70. The van der Waals surface area contributed by atoms with Gasteiger partial charge in [0.25, 0.3) is 0 Å². The number of rotatable bonds is 14. The van der Waals surface area contributed by atoms with Crippen molar-refractivity contribution < 1.29 is 24.1 Å². The maximum atomic E-state index is 10.7. The van der Waals surface area contributed by atoms with Gasteiger partial charge in [-0.15, -0.1) is 0 Å². The van der Waals surface area contributed by atoms with Crippen molar-refractivity contribution in [1.82, 2.24) is 5.32 Å². The Balaban J connectivity index is 1.62. The minimum Gasteiger partial charge on any atom is -0.493 e. The van der Waals surface area contributed by atoms with Crippen molar-refractivity contribution in [2.24, 2.45) is 0 Å². The van der Waals surface area contributed by atoms with E-state index in [1.165, 1.54) is 0 Å². The van der Waals surface area contributed by atoms with E-state index in [0.29, 0.717) is 54.6 Å². The molecule has 0 amide bonds. The zero-order chi connectivity index (χ0) is 20.9. The Bertz CT molecular complexity index is 738. The monoisotopic (exact) mass is 421 g/mol. The first-order valence-corrected chi connectivity index (χ1v) is 10.1. The highest BCUT2D eigenvalue weighted by atomic mass is 35.5. The molecule has 0 radical (unpaired) electrons. The van der Waals surface area contributed by atoms with E-state index in [1.807, 2.05) is 24.3 Å². The minimum atomic E-state index is -0.540. The third kappa shape index (κ3) is 8.73. The molecule has 0 heterocycles. The minimum absolute atomic E-state index is 0.242. The van der Waals surface area contributed by atoms with Crippen molar-refractivity contribution in [1.29, 1.82) is 0 Å². The molecular weight excluding hydrogens is 394 g/mol. The van der Waals surface area contributed by atoms with Crippen LogP contribution in [0.5, 0.6) is 17.2 Å². The predicted molar refractivity (Wildman–Crippen MR) is 114 cm³/mol. The molecule has 0 aromatic heterocycles. The van der Waals surface area contributed by atoms with Gasteiger partial charge < -0.3 is 24.6 Å². The molecule has 29 heavy (non-hydrogen) atoms. The molecule has 0 saturated carbocycles. The van der Waals surface area contributed by atoms with E-state index in [9.17, 15) is 9.90 Å². The quantitative estimate of drug-likeness (QED) is 0.357. The molecule has 0 saturated heterocycles. The van der Waals surface area contributed by atoms with E-state index < -0.39 is 6.10 Å². The first-order chi connectivity index (χ1) is 14.1. The van der Waals surface area contributed by atoms with Gasteiger partial charge in [-0.1, -0.05) is 18.5 Å². The second kappa shape index (κ2) is 13.0. The summed E-state index contributed by atoms with van der Waals surface area (Å²) in [5.41, 5.74) is 0.442. The smallest absolute Gasteiger partial charge is 0.151 e. The highest BCUT2D eigenvalue weighted by Gasteiger charge is 2.05. The van der Waals surface area contributed by atoms with Crippen LogP contribution >= 0.6 is 11.6 Å². The molecule has 0 bridgehead atoms. The van der Waals surface area contributed by atoms with Gasteiger partial charge in [0.2, 0.25) is 0 Å². The lowest BCUT2D eigenvalue weighted by molar-refractivity contribution is 0.106. The number of aliphatic hydroxyl groups excluding tert-OH is 1. The first-order valence-electron chi connectivity index (χ1n) is 9.74. The predicted octanol–water partition coefficient (Wildman–Crippen LogP) is 3.74. The summed E-state index contributed by atoms with van der Waals surface area (Å²) >= 11 is 5.97. The van der Waals surface area contributed by atoms with Crippen LogP contribution in [0.1, 0.15) is 30.1 Å². The van der Waals surface area contributed by atoms with Gasteiger partial charge in [0.1, 0.15) is 30.0 Å². The van der Waals surface area contributed by atoms with Crippen molar-refractivity contribution in [3.8, 4) is 17.2 Å². The maximum absolute atomic E-state index is 10.7. The van der Waals surface area contributed by atoms with E-state index in [0.717, 1.165) is 18.7 Å². The average Bonchev–Trinajstić information content (AvgIpc) is 2.73. The number of hydrogen-bond acceptors (Lipinski definition) is 6. The van der Waals surface area contributed by atoms with Crippen LogP contribution in [0.2, 0.25) is 5.02 Å². The lowest BCUT2D eigenvalue weighted by atomic mass is 10.2. The number of carbonyl (C=O) groups is 1. The van der Waals surface area contributed by atoms with Crippen LogP contribution < -0.4 is 19.5 Å². The standard InChI is InChI=1S/C22H28ClNO5/c1-2-10-24-14-18(26)16-29-20-8-6-19(7-9-20)27-11-3-12-28-21-5-4-17(15-25)22(23)13-21/h4-9,13,15,18,24,26H,2-3,10-12,14,16H2,1H3. The van der Waals surface area contributed by atoms with Gasteiger partial charge in [-0.05, 0) is 55.4 Å². The van der Waals surface area contributed by atoms with Crippen LogP contribution in [0.25, 0.3) is 0 Å². The molecule has 2 aromatic carbocycles. The summed E-state index contributed by atoms with van der Waals surface area (Å²) in [5, 5.41) is 13.4. The number of ether oxygens (including phenoxy) is 3. The fourth-order valence-corrected chi connectivity index (χ4v) is 2.68. The molecule has 2 rings (SSSR count). The molecular formula is C22H28ClNO5. The molecule has 1 unspecified atom stereocenters. The SMILES string of the molecule is CCCNCC(O)COc1ccc(OCCCOc2ccc(C=O)c(Cl)c2)cc1. The summed E-state index contributed by atoms with van der Waals surface area (Å²) in [6, 6.07) is 12.3. The van der Waals surface area contributed by atoms with Gasteiger partial charge in [-0.3, -0.25) is 4.79 Å². The van der Waals surface area contributed by atoms with Gasteiger partial charge in [-0.2, -0.15) is 0 Å². The molecule has 7 heteroatoms. The van der Waals surface area contributed by atoms with Crippen molar-refractivity contribution in [3.05, 3.63) is 53.1 Å². The van der Waals surface area contributed by atoms with Gasteiger partial charge in [-0.25, -0.2) is 0 Å². The summed E-state index contributed by atoms with van der Waals surface area (Å²) in [4.78, 5) is 10.7. The van der Waals surface area contributed by atoms with Crippen LogP contribution in [0.3, 0.4) is 0 Å². The van der Waals surface area contributed by atoms with Gasteiger partial charge in [0.05, 0.1) is 18.2 Å². The Kier molecular flexibility index (Phi) is 10.3. The second-order valence-electron chi connectivity index (χ2n) is 6.49. The summed E-state index contributed by atoms with van der Waals surface area (Å²) in [6.07, 6.45) is 1.90. The molecule has 1 atom stereocenters. The van der Waals surface area contributed by atoms with Crippen molar-refractivity contribution in [2.75, 3.05) is 32.9 Å². The summed E-state index contributed by atoms with van der Waals surface area (Å²) in [7, 11) is 0. The van der Waals surface area contributed by atoms with Gasteiger partial charge in [0.15, 0.2) is 6.29 Å². The third-order valence-corrected chi connectivity index (χ3v) is 4.33. The molecule has 0 aliphatic carbocycles. The van der Waals surface area contributed by atoms with Crippen LogP contribution in [-0.4, -0.2) is 50.4 Å². The molecule has 0 aliphatic heterocycles. The lowest BCUT2D eigenvalue weighted by Gasteiger charge is -2.13. The number of aliphatic hydroxyl groups is 1. The second-order valence-corrected chi connectivity index (χ2v) is 6.90. The maximum Gasteiger partial charge on any atom is 0.151 e. The fraction of sp³-hybridized carbons (Fsp3) is 0.409. The number of hydrogen-bond donors (Lipinski definition) is 2. The van der Waals surface area contributed by atoms with E-state index in [1.54, 1.807) is 18.2 Å². The highest BCUT2D eigenvalue weighted by molar-refractivity contribution is 6.33. The van der Waals surface area contributed by atoms with Crippen molar-refractivity contribution in [3.63, 3.8) is 0 Å². The van der Waals surface area contributed by atoms with Gasteiger partial charge in [0, 0.05) is 18.5 Å². The van der Waals surface area contributed by atoms with Crippen molar-refractivity contribution in [2.45, 2.75) is 25.9 Å². The molecule has 2 N–H and O–H groups in total. The Hall–Kier alpha value is -2.28. The third-order valence-electron chi connectivity index (χ3n) is 4.00. The number of aldehydes is 1. The Morgan fingerprint density at radius 3 is 2.28 bits per heavy atom. The van der Waals surface area contributed by atoms with Gasteiger partial charge >= 0.3 is 0 Å².